The molecule has 0 radical (unpaired) electrons. The molecule has 7 N–H and O–H groups in total. The third-order valence-electron chi connectivity index (χ3n) is 17.9. The fourth-order valence-corrected chi connectivity index (χ4v) is 13.9. The minimum atomic E-state index is -0.0436. The summed E-state index contributed by atoms with van der Waals surface area (Å²) in [5, 5.41) is 50.2. The number of phenols is 2. The third kappa shape index (κ3) is 9.34. The monoisotopic (exact) mass is 1030 g/mol. The van der Waals surface area contributed by atoms with E-state index in [1.165, 1.54) is 0 Å². The number of hydrogen-bond acceptors (Lipinski definition) is 17. The van der Waals surface area contributed by atoms with Gasteiger partial charge in [-0.25, -0.2) is 9.97 Å². The molecule has 2 aromatic carbocycles. The van der Waals surface area contributed by atoms with Crippen LogP contribution in [0.3, 0.4) is 0 Å². The summed E-state index contributed by atoms with van der Waals surface area (Å²) in [4.78, 5) is 23.8. The summed E-state index contributed by atoms with van der Waals surface area (Å²) in [5.74, 6) is 15.8. The van der Waals surface area contributed by atoms with Gasteiger partial charge in [-0.2, -0.15) is 0 Å². The number of benzene rings is 2. The Balaban J connectivity index is 0.674. The molecule has 8 unspecified atom stereocenters. The van der Waals surface area contributed by atoms with Crippen LogP contribution in [0.1, 0.15) is 74.9 Å². The lowest BCUT2D eigenvalue weighted by atomic mass is 9.87. The van der Waals surface area contributed by atoms with Crippen LogP contribution < -0.4 is 31.1 Å². The van der Waals surface area contributed by atoms with E-state index in [9.17, 15) is 15.3 Å². The molecule has 17 nitrogen and oxygen atoms in total. The van der Waals surface area contributed by atoms with Crippen molar-refractivity contribution in [3.05, 3.63) is 108 Å². The first kappa shape index (κ1) is 48.9. The zero-order valence-corrected chi connectivity index (χ0v) is 43.6. The highest BCUT2D eigenvalue weighted by molar-refractivity contribution is 5.77. The Morgan fingerprint density at radius 2 is 1.22 bits per heavy atom. The number of nitrogens with zero attached hydrogens (tertiary/aromatic N) is 12. The average Bonchev–Trinajstić information content (AvgIpc) is 3.98. The molecule has 6 aromatic rings. The normalized spacial score (nSPS) is 26.5. The maximum atomic E-state index is 12.2. The van der Waals surface area contributed by atoms with E-state index in [1.54, 1.807) is 12.1 Å². The second-order valence-corrected chi connectivity index (χ2v) is 22.8. The number of rotatable bonds is 10. The summed E-state index contributed by atoms with van der Waals surface area (Å²) in [6, 6.07) is 26.6. The molecule has 0 spiro atoms. The molecular formula is C60H66N14O3. The summed E-state index contributed by atoms with van der Waals surface area (Å²) in [7, 11) is 0. The van der Waals surface area contributed by atoms with E-state index >= 15 is 0 Å². The second kappa shape index (κ2) is 20.0. The Bertz CT molecular complexity index is 3320. The molecule has 0 amide bonds. The van der Waals surface area contributed by atoms with Gasteiger partial charge in [0, 0.05) is 115 Å². The fraction of sp³-hybridized carbons (Fsp3) is 0.433. The molecule has 394 valence electrons. The molecule has 4 aromatic heterocycles. The van der Waals surface area contributed by atoms with Crippen LogP contribution in [0.25, 0.3) is 22.5 Å². The van der Waals surface area contributed by atoms with Gasteiger partial charge in [0.15, 0.2) is 11.6 Å². The topological polar surface area (TPSA) is 210 Å². The highest BCUT2D eigenvalue weighted by atomic mass is 16.3. The van der Waals surface area contributed by atoms with Crippen LogP contribution in [0.15, 0.2) is 91.3 Å². The van der Waals surface area contributed by atoms with Gasteiger partial charge in [-0.1, -0.05) is 43.0 Å². The molecule has 1 saturated carbocycles. The van der Waals surface area contributed by atoms with E-state index < -0.39 is 0 Å². The van der Waals surface area contributed by atoms with Gasteiger partial charge in [0.1, 0.15) is 22.9 Å². The van der Waals surface area contributed by atoms with Gasteiger partial charge in [-0.15, -0.1) is 20.4 Å². The number of nitrogen functional groups attached to an aromatic ring is 2. The van der Waals surface area contributed by atoms with Crippen molar-refractivity contribution in [2.75, 3.05) is 96.6 Å². The van der Waals surface area contributed by atoms with Crippen molar-refractivity contribution in [1.29, 1.82) is 0 Å². The number of piperazine rings is 2. The van der Waals surface area contributed by atoms with Crippen LogP contribution in [0.4, 0.5) is 34.4 Å². The van der Waals surface area contributed by atoms with Crippen molar-refractivity contribution in [2.24, 2.45) is 17.3 Å². The Kier molecular flexibility index (Phi) is 12.7. The highest BCUT2D eigenvalue weighted by Gasteiger charge is 2.59. The molecular weight excluding hydrogens is 965 g/mol. The summed E-state index contributed by atoms with van der Waals surface area (Å²) in [5.41, 5.74) is 21.9. The number of anilines is 6. The average molecular weight is 1030 g/mol. The third-order valence-corrected chi connectivity index (χ3v) is 17.9. The van der Waals surface area contributed by atoms with Gasteiger partial charge in [0.2, 0.25) is 0 Å². The van der Waals surface area contributed by atoms with Gasteiger partial charge in [-0.3, -0.25) is 9.80 Å². The predicted octanol–water partition coefficient (Wildman–Crippen LogP) is 6.17. The van der Waals surface area contributed by atoms with E-state index in [0.29, 0.717) is 59.1 Å². The summed E-state index contributed by atoms with van der Waals surface area (Å²) >= 11 is 0. The molecule has 7 fully saturated rings. The molecule has 8 atom stereocenters. The lowest BCUT2D eigenvalue weighted by Gasteiger charge is -2.43. The molecule has 4 bridgehead atoms. The minimum Gasteiger partial charge on any atom is -0.507 e. The van der Waals surface area contributed by atoms with Gasteiger partial charge in [0.05, 0.1) is 42.5 Å². The van der Waals surface area contributed by atoms with Crippen LogP contribution in [-0.4, -0.2) is 145 Å². The number of phenolic OH excluding ortho intramolecular Hbond substituents is 2. The van der Waals surface area contributed by atoms with E-state index in [1.807, 2.05) is 54.9 Å². The van der Waals surface area contributed by atoms with Crippen molar-refractivity contribution in [1.82, 2.24) is 40.2 Å². The first-order chi connectivity index (χ1) is 37.6. The lowest BCUT2D eigenvalue weighted by molar-refractivity contribution is 0.132. The number of piperidine rings is 2. The second-order valence-electron chi connectivity index (χ2n) is 22.8. The Hall–Kier alpha value is -7.70. The molecule has 13 rings (SSSR count). The lowest BCUT2D eigenvalue weighted by Crippen LogP contribution is -2.54. The number of aromatic nitrogens is 6. The molecule has 77 heavy (non-hydrogen) atoms. The van der Waals surface area contributed by atoms with Gasteiger partial charge in [-0.05, 0) is 130 Å². The maximum Gasteiger partial charge on any atom is 0.169 e. The molecule has 6 saturated heterocycles. The zero-order valence-electron chi connectivity index (χ0n) is 43.6. The van der Waals surface area contributed by atoms with Crippen molar-refractivity contribution < 1.29 is 15.3 Å². The number of hydrogen-bond donors (Lipinski definition) is 5. The van der Waals surface area contributed by atoms with Crippen LogP contribution in [0.5, 0.6) is 11.5 Å². The minimum absolute atomic E-state index is 0.0436. The number of aromatic hydroxyl groups is 2. The van der Waals surface area contributed by atoms with Crippen molar-refractivity contribution in [3.63, 3.8) is 0 Å². The van der Waals surface area contributed by atoms with Crippen LogP contribution in [-0.2, 0) is 0 Å². The Labute approximate surface area is 449 Å². The molecule has 7 aliphatic rings. The molecule has 6 aliphatic heterocycles. The number of likely N-dealkylation sites (tertiary alicyclic amines) is 2. The van der Waals surface area contributed by atoms with Crippen molar-refractivity contribution in [2.45, 2.75) is 82.1 Å². The number of fused-ring (bicyclic) bond motifs is 5. The number of para-hydroxylation sites is 2. The van der Waals surface area contributed by atoms with E-state index in [0.717, 1.165) is 130 Å². The summed E-state index contributed by atoms with van der Waals surface area (Å²) in [6.45, 7) is 9.72. The molecule has 1 aliphatic carbocycles. The fourth-order valence-electron chi connectivity index (χ4n) is 13.9. The largest absolute Gasteiger partial charge is 0.507 e. The number of nitrogens with two attached hydrogens (primary N) is 2. The van der Waals surface area contributed by atoms with Crippen molar-refractivity contribution in [3.8, 4) is 57.7 Å². The number of aliphatic hydroxyl groups is 1. The SMILES string of the molecule is CC1CCN(CC#Cc2cc(N3C4CCC3CN(c3cc(-c5ccccc5O)nnc3N)C4)ccn2)C(c2cccc(-c3cc(N4CC5CCC(C4)N5c4ccnc(C#CCN5CC6CC6(CO)C5)c4)c(N)nn3)c2O)C1. The summed E-state index contributed by atoms with van der Waals surface area (Å²) in [6.07, 6.45) is 11.1. The smallest absolute Gasteiger partial charge is 0.169 e. The standard InChI is InChI=1S/C60H66N14O3/c1-38-19-24-70(23-6-8-41-27-43(18-21-64-41)74-44-13-14-45(74)33-71(32-44)54-28-51(65-67-58(54)61)48-9-2-3-12-56(48)76)53(25-38)50-11-4-10-49(57(50)77)52-29-55(59(62)68-66-52)72-34-46-15-16-47(35-72)73(46)42-17-20-63-40(26-42)7-5-22-69-31-39-30-60(39,36-69)37-75/h2-4,9-12,17-18,20-21,26-29,38-39,44-47,53,75-77H,13-16,19,22-25,30-37H2,1H3,(H2,61,67)(H2,62,68). The number of pyridine rings is 2. The Morgan fingerprint density at radius 1 is 0.649 bits per heavy atom. The van der Waals surface area contributed by atoms with E-state index in [4.69, 9.17) is 16.5 Å². The highest BCUT2D eigenvalue weighted by Crippen LogP contribution is 2.57. The number of aliphatic hydroxyl groups excluding tert-OH is 1. The maximum absolute atomic E-state index is 12.2. The zero-order chi connectivity index (χ0) is 52.4. The van der Waals surface area contributed by atoms with Gasteiger partial charge >= 0.3 is 0 Å². The first-order valence-corrected chi connectivity index (χ1v) is 27.5. The van der Waals surface area contributed by atoms with Crippen molar-refractivity contribution >= 4 is 34.4 Å². The van der Waals surface area contributed by atoms with Gasteiger partial charge in [0.25, 0.3) is 0 Å². The summed E-state index contributed by atoms with van der Waals surface area (Å²) < 4.78 is 0. The van der Waals surface area contributed by atoms with E-state index in [-0.39, 0.29) is 53.7 Å². The van der Waals surface area contributed by atoms with Crippen LogP contribution in [0, 0.1) is 40.9 Å². The quantitative estimate of drug-likeness (QED) is 0.0972. The van der Waals surface area contributed by atoms with E-state index in [2.05, 4.69) is 110 Å². The van der Waals surface area contributed by atoms with Crippen LogP contribution in [0.2, 0.25) is 0 Å². The predicted molar refractivity (Wildman–Crippen MR) is 299 cm³/mol. The van der Waals surface area contributed by atoms with Crippen LogP contribution >= 0.6 is 0 Å². The molecule has 10 heterocycles. The molecule has 17 heteroatoms. The first-order valence-electron chi connectivity index (χ1n) is 27.5. The van der Waals surface area contributed by atoms with Gasteiger partial charge < -0.3 is 46.4 Å². The Morgan fingerprint density at radius 3 is 1.81 bits per heavy atom.